The number of aromatic nitrogens is 2. The lowest BCUT2D eigenvalue weighted by Crippen LogP contribution is -2.13. The summed E-state index contributed by atoms with van der Waals surface area (Å²) < 4.78 is 1.64. The Morgan fingerprint density at radius 1 is 1.04 bits per heavy atom. The van der Waals surface area contributed by atoms with Gasteiger partial charge in [0.15, 0.2) is 5.69 Å². The topological polar surface area (TPSA) is 46.9 Å². The third kappa shape index (κ3) is 3.55. The smallest absolute Gasteiger partial charge is 0.276 e. The molecule has 4 nitrogen and oxygen atoms in total. The van der Waals surface area contributed by atoms with Gasteiger partial charge in [-0.3, -0.25) is 4.79 Å². The molecule has 0 saturated heterocycles. The third-order valence-electron chi connectivity index (χ3n) is 3.24. The molecule has 3 aromatic rings. The molecule has 2 aromatic carbocycles. The van der Waals surface area contributed by atoms with E-state index >= 15 is 0 Å². The van der Waals surface area contributed by atoms with Crippen LogP contribution in [0.1, 0.15) is 16.2 Å². The van der Waals surface area contributed by atoms with Gasteiger partial charge in [0.2, 0.25) is 0 Å². The number of halogens is 2. The Kier molecular flexibility index (Phi) is 4.37. The number of aryl methyl sites for hydroxylation is 1. The number of carbonyl (C=O) groups is 1. The van der Waals surface area contributed by atoms with Crippen LogP contribution in [-0.2, 0) is 0 Å². The van der Waals surface area contributed by atoms with Crippen molar-refractivity contribution in [2.75, 3.05) is 5.32 Å². The van der Waals surface area contributed by atoms with E-state index in [1.54, 1.807) is 28.9 Å². The standard InChI is InChI=1S/C17H13Cl2N3O/c1-11-7-16(17(23)20-14-5-3-2-4-6-14)21-22(11)15-9-12(18)8-13(19)10-15/h2-10H,1H3,(H,20,23). The lowest BCUT2D eigenvalue weighted by Gasteiger charge is -2.05. The van der Waals surface area contributed by atoms with Crippen molar-refractivity contribution in [1.29, 1.82) is 0 Å². The largest absolute Gasteiger partial charge is 0.321 e. The van der Waals surface area contributed by atoms with E-state index in [0.717, 1.165) is 11.4 Å². The molecule has 1 N–H and O–H groups in total. The molecule has 0 radical (unpaired) electrons. The van der Waals surface area contributed by atoms with E-state index in [1.165, 1.54) is 0 Å². The number of amides is 1. The van der Waals surface area contributed by atoms with Crippen LogP contribution in [0.2, 0.25) is 10.0 Å². The van der Waals surface area contributed by atoms with E-state index in [4.69, 9.17) is 23.2 Å². The first-order chi connectivity index (χ1) is 11.0. The molecule has 0 bridgehead atoms. The average molecular weight is 346 g/mol. The number of hydrogen-bond acceptors (Lipinski definition) is 2. The molecule has 116 valence electrons. The van der Waals surface area contributed by atoms with E-state index in [9.17, 15) is 4.79 Å². The molecule has 0 aliphatic carbocycles. The minimum absolute atomic E-state index is 0.272. The Labute approximate surface area is 143 Å². The number of carbonyl (C=O) groups excluding carboxylic acids is 1. The summed E-state index contributed by atoms with van der Waals surface area (Å²) in [6.45, 7) is 1.86. The van der Waals surface area contributed by atoms with Crippen molar-refractivity contribution >= 4 is 34.8 Å². The summed E-state index contributed by atoms with van der Waals surface area (Å²) in [5.41, 5.74) is 2.55. The lowest BCUT2D eigenvalue weighted by molar-refractivity contribution is 0.102. The monoisotopic (exact) mass is 345 g/mol. The first-order valence-electron chi connectivity index (χ1n) is 6.92. The zero-order valence-electron chi connectivity index (χ0n) is 12.3. The van der Waals surface area contributed by atoms with Gasteiger partial charge in [-0.05, 0) is 43.3 Å². The molecular weight excluding hydrogens is 333 g/mol. The Bertz CT molecular complexity index is 839. The predicted molar refractivity (Wildman–Crippen MR) is 92.7 cm³/mol. The summed E-state index contributed by atoms with van der Waals surface area (Å²) in [7, 11) is 0. The number of nitrogens with zero attached hydrogens (tertiary/aromatic N) is 2. The van der Waals surface area contributed by atoms with Crippen molar-refractivity contribution in [3.05, 3.63) is 76.0 Å². The van der Waals surface area contributed by atoms with E-state index in [-0.39, 0.29) is 5.91 Å². The molecule has 0 saturated carbocycles. The molecule has 1 amide bonds. The molecule has 1 heterocycles. The first-order valence-corrected chi connectivity index (χ1v) is 7.68. The van der Waals surface area contributed by atoms with Gasteiger partial charge in [0.25, 0.3) is 5.91 Å². The maximum Gasteiger partial charge on any atom is 0.276 e. The first kappa shape index (κ1) is 15.6. The molecule has 23 heavy (non-hydrogen) atoms. The molecule has 0 unspecified atom stereocenters. The quantitative estimate of drug-likeness (QED) is 0.745. The van der Waals surface area contributed by atoms with E-state index in [0.29, 0.717) is 21.4 Å². The van der Waals surface area contributed by atoms with Crippen molar-refractivity contribution in [1.82, 2.24) is 9.78 Å². The highest BCUT2D eigenvalue weighted by molar-refractivity contribution is 6.34. The normalized spacial score (nSPS) is 10.6. The summed E-state index contributed by atoms with van der Waals surface area (Å²) in [6.07, 6.45) is 0. The Balaban J connectivity index is 1.90. The van der Waals surface area contributed by atoms with Crippen molar-refractivity contribution in [3.63, 3.8) is 0 Å². The number of nitrogens with one attached hydrogen (secondary N) is 1. The highest BCUT2D eigenvalue weighted by atomic mass is 35.5. The second-order valence-corrected chi connectivity index (χ2v) is 5.90. The van der Waals surface area contributed by atoms with Gasteiger partial charge in [-0.25, -0.2) is 4.68 Å². The second-order valence-electron chi connectivity index (χ2n) is 5.03. The van der Waals surface area contributed by atoms with Gasteiger partial charge in [-0.15, -0.1) is 0 Å². The summed E-state index contributed by atoms with van der Waals surface area (Å²) >= 11 is 12.0. The molecule has 6 heteroatoms. The molecular formula is C17H13Cl2N3O. The minimum Gasteiger partial charge on any atom is -0.321 e. The summed E-state index contributed by atoms with van der Waals surface area (Å²) in [5, 5.41) is 8.18. The van der Waals surface area contributed by atoms with Gasteiger partial charge in [0.05, 0.1) is 5.69 Å². The average Bonchev–Trinajstić information content (AvgIpc) is 2.89. The molecule has 1 aromatic heterocycles. The summed E-state index contributed by atoms with van der Waals surface area (Å²) in [6, 6.07) is 16.1. The number of hydrogen-bond donors (Lipinski definition) is 1. The van der Waals surface area contributed by atoms with Crippen LogP contribution >= 0.6 is 23.2 Å². The van der Waals surface area contributed by atoms with Crippen molar-refractivity contribution in [2.45, 2.75) is 6.92 Å². The van der Waals surface area contributed by atoms with Gasteiger partial charge in [0, 0.05) is 21.4 Å². The number of rotatable bonds is 3. The van der Waals surface area contributed by atoms with Gasteiger partial charge < -0.3 is 5.32 Å². The van der Waals surface area contributed by atoms with Crippen LogP contribution < -0.4 is 5.32 Å². The zero-order chi connectivity index (χ0) is 16.4. The Morgan fingerprint density at radius 3 is 2.35 bits per heavy atom. The highest BCUT2D eigenvalue weighted by Gasteiger charge is 2.14. The van der Waals surface area contributed by atoms with Crippen molar-refractivity contribution in [2.24, 2.45) is 0 Å². The van der Waals surface area contributed by atoms with Gasteiger partial charge in [-0.2, -0.15) is 5.10 Å². The number of para-hydroxylation sites is 1. The Morgan fingerprint density at radius 2 is 1.70 bits per heavy atom. The SMILES string of the molecule is Cc1cc(C(=O)Nc2ccccc2)nn1-c1cc(Cl)cc(Cl)c1. The number of benzene rings is 2. The van der Waals surface area contributed by atoms with E-state index in [1.807, 2.05) is 37.3 Å². The molecule has 3 rings (SSSR count). The molecule has 0 atom stereocenters. The number of anilines is 1. The van der Waals surface area contributed by atoms with Crippen LogP contribution in [0.3, 0.4) is 0 Å². The van der Waals surface area contributed by atoms with Gasteiger partial charge >= 0.3 is 0 Å². The maximum absolute atomic E-state index is 12.3. The second kappa shape index (κ2) is 6.44. The molecule has 0 aliphatic heterocycles. The van der Waals surface area contributed by atoms with Crippen LogP contribution in [0.15, 0.2) is 54.6 Å². The summed E-state index contributed by atoms with van der Waals surface area (Å²) in [4.78, 5) is 12.3. The van der Waals surface area contributed by atoms with Crippen LogP contribution in [0.5, 0.6) is 0 Å². The zero-order valence-corrected chi connectivity index (χ0v) is 13.8. The van der Waals surface area contributed by atoms with Crippen molar-refractivity contribution in [3.8, 4) is 5.69 Å². The Hall–Kier alpha value is -2.30. The third-order valence-corrected chi connectivity index (χ3v) is 3.68. The van der Waals surface area contributed by atoms with Crippen molar-refractivity contribution < 1.29 is 4.79 Å². The van der Waals surface area contributed by atoms with Crippen LogP contribution in [0.4, 0.5) is 5.69 Å². The van der Waals surface area contributed by atoms with E-state index < -0.39 is 0 Å². The van der Waals surface area contributed by atoms with Crippen LogP contribution in [-0.4, -0.2) is 15.7 Å². The van der Waals surface area contributed by atoms with Gasteiger partial charge in [-0.1, -0.05) is 41.4 Å². The minimum atomic E-state index is -0.272. The fourth-order valence-corrected chi connectivity index (χ4v) is 2.74. The van der Waals surface area contributed by atoms with Gasteiger partial charge in [0.1, 0.15) is 0 Å². The molecule has 0 aliphatic rings. The fourth-order valence-electron chi connectivity index (χ4n) is 2.22. The molecule has 0 spiro atoms. The lowest BCUT2D eigenvalue weighted by atomic mass is 10.3. The van der Waals surface area contributed by atoms with Crippen LogP contribution in [0.25, 0.3) is 5.69 Å². The van der Waals surface area contributed by atoms with Crippen LogP contribution in [0, 0.1) is 6.92 Å². The molecule has 0 fully saturated rings. The highest BCUT2D eigenvalue weighted by Crippen LogP contribution is 2.23. The fraction of sp³-hybridized carbons (Fsp3) is 0.0588. The predicted octanol–water partition coefficient (Wildman–Crippen LogP) is 4.74. The summed E-state index contributed by atoms with van der Waals surface area (Å²) in [5.74, 6) is -0.272. The van der Waals surface area contributed by atoms with E-state index in [2.05, 4.69) is 10.4 Å². The maximum atomic E-state index is 12.3.